The summed E-state index contributed by atoms with van der Waals surface area (Å²) in [6.07, 6.45) is 7.12. The number of carbonyl (C=O) groups excluding carboxylic acids is 1. The summed E-state index contributed by atoms with van der Waals surface area (Å²) >= 11 is 11.8. The number of halogens is 2. The first-order chi connectivity index (χ1) is 10.6. The molecule has 118 valence electrons. The quantitative estimate of drug-likeness (QED) is 0.771. The Kier molecular flexibility index (Phi) is 3.54. The van der Waals surface area contributed by atoms with Gasteiger partial charge in [-0.3, -0.25) is 5.32 Å². The summed E-state index contributed by atoms with van der Waals surface area (Å²) in [5.74, 6) is 1.56. The van der Waals surface area contributed by atoms with E-state index in [1.54, 1.807) is 18.2 Å². The lowest BCUT2D eigenvalue weighted by molar-refractivity contribution is 0.0173. The zero-order valence-electron chi connectivity index (χ0n) is 12.3. The molecule has 1 N–H and O–H groups in total. The highest BCUT2D eigenvalue weighted by molar-refractivity contribution is 6.42. The lowest BCUT2D eigenvalue weighted by Crippen LogP contribution is -2.36. The first kappa shape index (κ1) is 14.6. The van der Waals surface area contributed by atoms with E-state index in [9.17, 15) is 4.79 Å². The van der Waals surface area contributed by atoms with E-state index in [0.717, 1.165) is 18.3 Å². The molecule has 1 amide bonds. The fraction of sp³-hybridized carbons (Fsp3) is 0.588. The Morgan fingerprint density at radius 3 is 2.91 bits per heavy atom. The summed E-state index contributed by atoms with van der Waals surface area (Å²) in [6.45, 7) is 0. The van der Waals surface area contributed by atoms with Crippen molar-refractivity contribution in [1.29, 1.82) is 0 Å². The van der Waals surface area contributed by atoms with Gasteiger partial charge >= 0.3 is 6.09 Å². The highest BCUT2D eigenvalue weighted by Gasteiger charge is 2.62. The van der Waals surface area contributed by atoms with E-state index in [-0.39, 0.29) is 17.6 Å². The first-order valence-corrected chi connectivity index (χ1v) is 8.77. The smallest absolute Gasteiger partial charge is 0.411 e. The standard InChI is InChI=1S/C17H19Cl2NO2/c18-13-4-3-11(9-14(13)19)20-16(21)22-15-8-10-5-7-17(15)6-1-2-12(10)17/h3-4,9-10,12,15H,1-2,5-8H2,(H,20,21)/t10-,12+,15+,17-/m1/s1. The zero-order chi connectivity index (χ0) is 15.3. The van der Waals surface area contributed by atoms with Crippen molar-refractivity contribution in [2.24, 2.45) is 17.3 Å². The van der Waals surface area contributed by atoms with Crippen molar-refractivity contribution in [2.45, 2.75) is 44.6 Å². The largest absolute Gasteiger partial charge is 0.445 e. The van der Waals surface area contributed by atoms with E-state index in [4.69, 9.17) is 27.9 Å². The van der Waals surface area contributed by atoms with Crippen LogP contribution < -0.4 is 5.32 Å². The van der Waals surface area contributed by atoms with Gasteiger partial charge in [-0.15, -0.1) is 0 Å². The van der Waals surface area contributed by atoms with Gasteiger partial charge in [-0.05, 0) is 62.1 Å². The van der Waals surface area contributed by atoms with Crippen molar-refractivity contribution in [3.63, 3.8) is 0 Å². The van der Waals surface area contributed by atoms with Crippen LogP contribution in [0.4, 0.5) is 10.5 Å². The molecule has 5 heteroatoms. The van der Waals surface area contributed by atoms with E-state index in [1.807, 2.05) is 0 Å². The van der Waals surface area contributed by atoms with E-state index in [2.05, 4.69) is 5.32 Å². The Hall–Kier alpha value is -0.930. The molecular formula is C17H19Cl2NO2. The second kappa shape index (κ2) is 5.31. The molecule has 0 spiro atoms. The molecule has 0 aromatic heterocycles. The first-order valence-electron chi connectivity index (χ1n) is 8.01. The van der Waals surface area contributed by atoms with Gasteiger partial charge in [0.25, 0.3) is 0 Å². The molecular weight excluding hydrogens is 321 g/mol. The maximum absolute atomic E-state index is 12.2. The number of ether oxygens (including phenoxy) is 1. The number of anilines is 1. The van der Waals surface area contributed by atoms with Crippen LogP contribution in [-0.4, -0.2) is 12.2 Å². The monoisotopic (exact) mass is 339 g/mol. The van der Waals surface area contributed by atoms with Crippen LogP contribution in [0.2, 0.25) is 10.0 Å². The van der Waals surface area contributed by atoms with E-state index >= 15 is 0 Å². The van der Waals surface area contributed by atoms with Gasteiger partial charge in [0.1, 0.15) is 6.10 Å². The maximum Gasteiger partial charge on any atom is 0.411 e. The number of benzene rings is 1. The van der Waals surface area contributed by atoms with Gasteiger partial charge in [-0.2, -0.15) is 0 Å². The van der Waals surface area contributed by atoms with Gasteiger partial charge in [0, 0.05) is 11.1 Å². The molecule has 1 aromatic rings. The van der Waals surface area contributed by atoms with Gasteiger partial charge in [0.2, 0.25) is 0 Å². The van der Waals surface area contributed by atoms with Gasteiger partial charge in [0.15, 0.2) is 0 Å². The van der Waals surface area contributed by atoms with Crippen LogP contribution in [0.5, 0.6) is 0 Å². The Labute approximate surface area is 140 Å². The van der Waals surface area contributed by atoms with Crippen molar-refractivity contribution >= 4 is 35.0 Å². The number of hydrogen-bond acceptors (Lipinski definition) is 2. The Morgan fingerprint density at radius 2 is 2.09 bits per heavy atom. The van der Waals surface area contributed by atoms with Gasteiger partial charge in [-0.25, -0.2) is 4.79 Å². The maximum atomic E-state index is 12.2. The Bertz CT molecular complexity index is 617. The van der Waals surface area contributed by atoms with Crippen molar-refractivity contribution < 1.29 is 9.53 Å². The number of hydrogen-bond donors (Lipinski definition) is 1. The third-order valence-electron chi connectivity index (χ3n) is 6.02. The number of carbonyl (C=O) groups is 1. The molecule has 3 aliphatic rings. The SMILES string of the molecule is O=C(Nc1ccc(Cl)c(Cl)c1)O[C@H]1C[C@H]2CC[C@@]13CCC[C@@H]23. The van der Waals surface area contributed by atoms with Crippen molar-refractivity contribution in [2.75, 3.05) is 5.32 Å². The molecule has 1 aromatic carbocycles. The van der Waals surface area contributed by atoms with Crippen LogP contribution in [0.25, 0.3) is 0 Å². The molecule has 0 unspecified atom stereocenters. The van der Waals surface area contributed by atoms with Crippen LogP contribution >= 0.6 is 23.2 Å². The highest BCUT2D eigenvalue weighted by atomic mass is 35.5. The van der Waals surface area contributed by atoms with Gasteiger partial charge in [-0.1, -0.05) is 29.6 Å². The fourth-order valence-electron chi connectivity index (χ4n) is 5.16. The fourth-order valence-corrected chi connectivity index (χ4v) is 5.46. The summed E-state index contributed by atoms with van der Waals surface area (Å²) in [5, 5.41) is 3.67. The minimum atomic E-state index is -0.379. The second-order valence-electron chi connectivity index (χ2n) is 6.91. The molecule has 4 rings (SSSR count). The summed E-state index contributed by atoms with van der Waals surface area (Å²) < 4.78 is 5.80. The van der Waals surface area contributed by atoms with Crippen molar-refractivity contribution in [1.82, 2.24) is 0 Å². The molecule has 0 radical (unpaired) electrons. The molecule has 4 atom stereocenters. The van der Waals surface area contributed by atoms with Crippen LogP contribution in [-0.2, 0) is 4.74 Å². The van der Waals surface area contributed by atoms with Crippen LogP contribution in [0.3, 0.4) is 0 Å². The minimum absolute atomic E-state index is 0.0847. The van der Waals surface area contributed by atoms with Gasteiger partial charge < -0.3 is 4.74 Å². The number of nitrogens with one attached hydrogen (secondary N) is 1. The molecule has 2 bridgehead atoms. The summed E-state index contributed by atoms with van der Waals surface area (Å²) in [7, 11) is 0. The molecule has 22 heavy (non-hydrogen) atoms. The van der Waals surface area contributed by atoms with E-state index < -0.39 is 0 Å². The zero-order valence-corrected chi connectivity index (χ0v) is 13.8. The number of rotatable bonds is 2. The van der Waals surface area contributed by atoms with Crippen LogP contribution in [0.15, 0.2) is 18.2 Å². The van der Waals surface area contributed by atoms with E-state index in [0.29, 0.717) is 15.7 Å². The summed E-state index contributed by atoms with van der Waals surface area (Å²) in [6, 6.07) is 5.04. The van der Waals surface area contributed by atoms with Crippen LogP contribution in [0.1, 0.15) is 38.5 Å². The lowest BCUT2D eigenvalue weighted by Gasteiger charge is -2.33. The predicted octanol–water partition coefficient (Wildman–Crippen LogP) is 5.51. The minimum Gasteiger partial charge on any atom is -0.445 e. The molecule has 3 saturated carbocycles. The molecule has 3 aliphatic carbocycles. The van der Waals surface area contributed by atoms with Crippen molar-refractivity contribution in [3.8, 4) is 0 Å². The third kappa shape index (κ3) is 2.21. The molecule has 0 aliphatic heterocycles. The number of amides is 1. The lowest BCUT2D eigenvalue weighted by atomic mass is 9.78. The topological polar surface area (TPSA) is 38.3 Å². The summed E-state index contributed by atoms with van der Waals surface area (Å²) in [5.41, 5.74) is 0.891. The normalized spacial score (nSPS) is 35.5. The Morgan fingerprint density at radius 1 is 1.23 bits per heavy atom. The highest BCUT2D eigenvalue weighted by Crippen LogP contribution is 2.66. The van der Waals surface area contributed by atoms with Crippen LogP contribution in [0, 0.1) is 17.3 Å². The van der Waals surface area contributed by atoms with E-state index in [1.165, 1.54) is 32.1 Å². The molecule has 3 nitrogen and oxygen atoms in total. The van der Waals surface area contributed by atoms with Crippen molar-refractivity contribution in [3.05, 3.63) is 28.2 Å². The Balaban J connectivity index is 1.43. The third-order valence-corrected chi connectivity index (χ3v) is 6.76. The average Bonchev–Trinajstić information content (AvgIpc) is 3.10. The second-order valence-corrected chi connectivity index (χ2v) is 7.73. The van der Waals surface area contributed by atoms with Gasteiger partial charge in [0.05, 0.1) is 10.0 Å². The average molecular weight is 340 g/mol. The summed E-state index contributed by atoms with van der Waals surface area (Å²) in [4.78, 5) is 12.2. The molecule has 3 fully saturated rings. The molecule has 0 saturated heterocycles. The predicted molar refractivity (Wildman–Crippen MR) is 87.5 cm³/mol. The molecule has 0 heterocycles.